The summed E-state index contributed by atoms with van der Waals surface area (Å²) >= 11 is 0. The average Bonchev–Trinajstić information content (AvgIpc) is 2.74. The van der Waals surface area contributed by atoms with E-state index in [1.807, 2.05) is 36.4 Å². The van der Waals surface area contributed by atoms with Crippen molar-refractivity contribution < 1.29 is 14.2 Å². The van der Waals surface area contributed by atoms with Gasteiger partial charge in [0.15, 0.2) is 0 Å². The van der Waals surface area contributed by atoms with Crippen LogP contribution in [-0.4, -0.2) is 21.3 Å². The predicted molar refractivity (Wildman–Crippen MR) is 109 cm³/mol. The molecule has 0 saturated carbocycles. The van der Waals surface area contributed by atoms with Crippen LogP contribution in [0.5, 0.6) is 17.2 Å². The van der Waals surface area contributed by atoms with Crippen LogP contribution in [0.15, 0.2) is 72.8 Å². The van der Waals surface area contributed by atoms with E-state index in [0.717, 1.165) is 30.1 Å². The van der Waals surface area contributed by atoms with Crippen LogP contribution in [0.1, 0.15) is 22.6 Å². The fourth-order valence-corrected chi connectivity index (χ4v) is 3.28. The molecule has 3 heteroatoms. The quantitative estimate of drug-likeness (QED) is 0.545. The second-order valence-electron chi connectivity index (χ2n) is 6.57. The maximum Gasteiger partial charge on any atom is 0.118 e. The number of hydrogen-bond donors (Lipinski definition) is 0. The van der Waals surface area contributed by atoms with Crippen molar-refractivity contribution in [2.24, 2.45) is 0 Å². The second kappa shape index (κ2) is 9.13. The molecule has 0 atom stereocenters. The van der Waals surface area contributed by atoms with Crippen LogP contribution in [0, 0.1) is 0 Å². The first-order valence-corrected chi connectivity index (χ1v) is 9.11. The number of hydrogen-bond acceptors (Lipinski definition) is 3. The van der Waals surface area contributed by atoms with Gasteiger partial charge in [0.25, 0.3) is 0 Å². The third-order valence-electron chi connectivity index (χ3n) is 4.87. The van der Waals surface area contributed by atoms with Gasteiger partial charge < -0.3 is 14.2 Å². The summed E-state index contributed by atoms with van der Waals surface area (Å²) in [6, 6.07) is 25.0. The van der Waals surface area contributed by atoms with Crippen molar-refractivity contribution in [3.8, 4) is 17.2 Å². The van der Waals surface area contributed by atoms with Crippen molar-refractivity contribution in [3.05, 3.63) is 89.5 Å². The maximum atomic E-state index is 5.31. The van der Waals surface area contributed by atoms with Gasteiger partial charge in [-0.25, -0.2) is 0 Å². The number of benzene rings is 3. The van der Waals surface area contributed by atoms with Crippen LogP contribution in [0.3, 0.4) is 0 Å². The summed E-state index contributed by atoms with van der Waals surface area (Å²) in [4.78, 5) is 0. The average molecular weight is 362 g/mol. The zero-order chi connectivity index (χ0) is 19.1. The minimum Gasteiger partial charge on any atom is -0.497 e. The second-order valence-corrected chi connectivity index (χ2v) is 6.57. The molecule has 0 heterocycles. The van der Waals surface area contributed by atoms with Crippen molar-refractivity contribution in [2.45, 2.75) is 18.8 Å². The predicted octanol–water partition coefficient (Wildman–Crippen LogP) is 5.28. The minimum atomic E-state index is 0.373. The van der Waals surface area contributed by atoms with Crippen LogP contribution in [0.25, 0.3) is 0 Å². The monoisotopic (exact) mass is 362 g/mol. The van der Waals surface area contributed by atoms with E-state index in [4.69, 9.17) is 14.2 Å². The highest BCUT2D eigenvalue weighted by atomic mass is 16.5. The van der Waals surface area contributed by atoms with Gasteiger partial charge in [0, 0.05) is 0 Å². The fourth-order valence-electron chi connectivity index (χ4n) is 3.28. The molecular formula is C24H26O3. The molecule has 0 spiro atoms. The van der Waals surface area contributed by atoms with Gasteiger partial charge in [-0.2, -0.15) is 0 Å². The SMILES string of the molecule is COc1ccc(CC(Cc2ccc(OC)cc2)c2ccc(OC)cc2)cc1. The molecule has 0 aliphatic rings. The maximum absolute atomic E-state index is 5.31. The van der Waals surface area contributed by atoms with E-state index in [1.54, 1.807) is 21.3 Å². The third-order valence-corrected chi connectivity index (χ3v) is 4.87. The summed E-state index contributed by atoms with van der Waals surface area (Å²) in [5, 5.41) is 0. The lowest BCUT2D eigenvalue weighted by Gasteiger charge is -2.19. The summed E-state index contributed by atoms with van der Waals surface area (Å²) in [6.07, 6.45) is 1.92. The zero-order valence-electron chi connectivity index (χ0n) is 16.1. The molecule has 3 aromatic rings. The standard InChI is InChI=1S/C24H26O3/c1-25-22-10-4-18(5-11-22)16-21(20-8-14-24(27-3)15-9-20)17-19-6-12-23(26-2)13-7-19/h4-15,21H,16-17H2,1-3H3. The van der Waals surface area contributed by atoms with E-state index in [1.165, 1.54) is 16.7 Å². The summed E-state index contributed by atoms with van der Waals surface area (Å²) in [7, 11) is 5.08. The first-order chi connectivity index (χ1) is 13.2. The Kier molecular flexibility index (Phi) is 6.37. The molecule has 3 rings (SSSR count). The van der Waals surface area contributed by atoms with Gasteiger partial charge in [0.2, 0.25) is 0 Å². The van der Waals surface area contributed by atoms with E-state index in [-0.39, 0.29) is 0 Å². The number of rotatable bonds is 8. The van der Waals surface area contributed by atoms with Crippen LogP contribution in [0.2, 0.25) is 0 Å². The van der Waals surface area contributed by atoms with Crippen molar-refractivity contribution in [2.75, 3.05) is 21.3 Å². The van der Waals surface area contributed by atoms with Gasteiger partial charge in [-0.3, -0.25) is 0 Å². The summed E-state index contributed by atoms with van der Waals surface area (Å²) in [5.41, 5.74) is 3.90. The Hall–Kier alpha value is -2.94. The Balaban J connectivity index is 1.83. The third kappa shape index (κ3) is 5.04. The highest BCUT2D eigenvalue weighted by Crippen LogP contribution is 2.28. The van der Waals surface area contributed by atoms with Crippen LogP contribution in [-0.2, 0) is 12.8 Å². The lowest BCUT2D eigenvalue weighted by molar-refractivity contribution is 0.414. The molecular weight excluding hydrogens is 336 g/mol. The molecule has 140 valence electrons. The van der Waals surface area contributed by atoms with Crippen LogP contribution >= 0.6 is 0 Å². The van der Waals surface area contributed by atoms with Gasteiger partial charge in [-0.15, -0.1) is 0 Å². The van der Waals surface area contributed by atoms with Crippen molar-refractivity contribution in [1.82, 2.24) is 0 Å². The van der Waals surface area contributed by atoms with E-state index in [9.17, 15) is 0 Å². The summed E-state index contributed by atoms with van der Waals surface area (Å²) < 4.78 is 15.9. The largest absolute Gasteiger partial charge is 0.497 e. The topological polar surface area (TPSA) is 27.7 Å². The molecule has 0 saturated heterocycles. The zero-order valence-corrected chi connectivity index (χ0v) is 16.1. The number of ether oxygens (including phenoxy) is 3. The molecule has 0 radical (unpaired) electrons. The van der Waals surface area contributed by atoms with Gasteiger partial charge in [-0.05, 0) is 71.8 Å². The van der Waals surface area contributed by atoms with Crippen LogP contribution in [0.4, 0.5) is 0 Å². The van der Waals surface area contributed by atoms with Crippen molar-refractivity contribution in [1.29, 1.82) is 0 Å². The highest BCUT2D eigenvalue weighted by Gasteiger charge is 2.14. The first kappa shape index (κ1) is 18.8. The molecule has 0 aliphatic heterocycles. The Labute approximate surface area is 161 Å². The highest BCUT2D eigenvalue weighted by molar-refractivity contribution is 5.35. The summed E-state index contributed by atoms with van der Waals surface area (Å²) in [6.45, 7) is 0. The molecule has 0 aromatic heterocycles. The molecule has 0 amide bonds. The van der Waals surface area contributed by atoms with Crippen molar-refractivity contribution in [3.63, 3.8) is 0 Å². The Morgan fingerprint density at radius 1 is 0.519 bits per heavy atom. The van der Waals surface area contributed by atoms with E-state index < -0.39 is 0 Å². The van der Waals surface area contributed by atoms with E-state index >= 15 is 0 Å². The van der Waals surface area contributed by atoms with Crippen molar-refractivity contribution >= 4 is 0 Å². The van der Waals surface area contributed by atoms with E-state index in [0.29, 0.717) is 5.92 Å². The lowest BCUT2D eigenvalue weighted by atomic mass is 9.86. The molecule has 3 nitrogen and oxygen atoms in total. The van der Waals surface area contributed by atoms with E-state index in [2.05, 4.69) is 36.4 Å². The molecule has 3 aromatic carbocycles. The molecule has 0 bridgehead atoms. The molecule has 0 N–H and O–H groups in total. The summed E-state index contributed by atoms with van der Waals surface area (Å²) in [5.74, 6) is 3.02. The Morgan fingerprint density at radius 2 is 0.852 bits per heavy atom. The smallest absolute Gasteiger partial charge is 0.118 e. The Bertz CT molecular complexity index is 772. The minimum absolute atomic E-state index is 0.373. The normalized spacial score (nSPS) is 10.7. The molecule has 0 aliphatic carbocycles. The molecule has 27 heavy (non-hydrogen) atoms. The fraction of sp³-hybridized carbons (Fsp3) is 0.250. The van der Waals surface area contributed by atoms with Gasteiger partial charge in [-0.1, -0.05) is 36.4 Å². The van der Waals surface area contributed by atoms with Gasteiger partial charge >= 0.3 is 0 Å². The molecule has 0 fully saturated rings. The molecule has 0 unspecified atom stereocenters. The van der Waals surface area contributed by atoms with Gasteiger partial charge in [0.05, 0.1) is 21.3 Å². The van der Waals surface area contributed by atoms with Crippen LogP contribution < -0.4 is 14.2 Å². The van der Waals surface area contributed by atoms with Gasteiger partial charge in [0.1, 0.15) is 17.2 Å². The first-order valence-electron chi connectivity index (χ1n) is 9.11. The number of methoxy groups -OCH3 is 3. The Morgan fingerprint density at radius 3 is 1.19 bits per heavy atom. The lowest BCUT2D eigenvalue weighted by Crippen LogP contribution is -2.07.